The molecule has 0 aliphatic carbocycles. The summed E-state index contributed by atoms with van der Waals surface area (Å²) in [6, 6.07) is 16.3. The lowest BCUT2D eigenvalue weighted by Gasteiger charge is -2.17. The lowest BCUT2D eigenvalue weighted by molar-refractivity contribution is -0.122. The van der Waals surface area contributed by atoms with E-state index in [4.69, 9.17) is 9.47 Å². The normalized spacial score (nSPS) is 11.7. The van der Waals surface area contributed by atoms with Crippen LogP contribution >= 0.6 is 0 Å². The number of hydrogen-bond donors (Lipinski definition) is 1. The first-order valence-electron chi connectivity index (χ1n) is 9.41. The summed E-state index contributed by atoms with van der Waals surface area (Å²) >= 11 is 0. The first kappa shape index (κ1) is 20.3. The van der Waals surface area contributed by atoms with Crippen molar-refractivity contribution in [1.82, 2.24) is 9.36 Å². The van der Waals surface area contributed by atoms with Crippen LogP contribution in [0.25, 0.3) is 5.69 Å². The van der Waals surface area contributed by atoms with E-state index in [9.17, 15) is 9.59 Å². The number of carbonyl (C=O) groups excluding carboxylic acids is 1. The Morgan fingerprint density at radius 3 is 2.45 bits per heavy atom. The molecule has 7 heteroatoms. The van der Waals surface area contributed by atoms with Gasteiger partial charge in [0.15, 0.2) is 6.10 Å². The second-order valence-electron chi connectivity index (χ2n) is 6.62. The minimum Gasteiger partial charge on any atom is -0.497 e. The Morgan fingerprint density at radius 2 is 1.79 bits per heavy atom. The van der Waals surface area contributed by atoms with Gasteiger partial charge in [-0.05, 0) is 37.6 Å². The molecule has 0 bridgehead atoms. The molecule has 0 aliphatic rings. The van der Waals surface area contributed by atoms with Crippen LogP contribution in [-0.4, -0.2) is 28.5 Å². The predicted octanol–water partition coefficient (Wildman–Crippen LogP) is 3.29. The minimum absolute atomic E-state index is 0.244. The van der Waals surface area contributed by atoms with Crippen LogP contribution in [0.1, 0.15) is 19.0 Å². The maximum atomic E-state index is 13.0. The first-order valence-corrected chi connectivity index (χ1v) is 9.41. The van der Waals surface area contributed by atoms with Crippen LogP contribution in [0.2, 0.25) is 0 Å². The van der Waals surface area contributed by atoms with Crippen LogP contribution in [0.15, 0.2) is 59.4 Å². The Morgan fingerprint density at radius 1 is 1.10 bits per heavy atom. The fraction of sp³-hybridized carbons (Fsp3) is 0.273. The van der Waals surface area contributed by atoms with E-state index in [1.54, 1.807) is 50.0 Å². The molecule has 7 nitrogen and oxygen atoms in total. The third-order valence-corrected chi connectivity index (χ3v) is 4.79. The van der Waals surface area contributed by atoms with E-state index < -0.39 is 6.10 Å². The summed E-state index contributed by atoms with van der Waals surface area (Å²) in [4.78, 5) is 25.8. The molecule has 0 fully saturated rings. The van der Waals surface area contributed by atoms with Crippen molar-refractivity contribution in [2.45, 2.75) is 26.4 Å². The fourth-order valence-electron chi connectivity index (χ4n) is 3.08. The summed E-state index contributed by atoms with van der Waals surface area (Å²) in [6.07, 6.45) is -0.298. The number of para-hydroxylation sites is 1. The predicted molar refractivity (Wildman–Crippen MR) is 112 cm³/mol. The Hall–Kier alpha value is -3.48. The summed E-state index contributed by atoms with van der Waals surface area (Å²) in [5.41, 5.74) is 1.33. The standard InChI is InChI=1S/C22H25N3O4/c1-5-19(29-18-13-9-12-17(14-18)28-4)21(26)23-20-15(2)24(3)25(22(20)27)16-10-7-6-8-11-16/h6-14,19H,5H2,1-4H3,(H,23,26). The number of aromatic nitrogens is 2. The maximum absolute atomic E-state index is 13.0. The van der Waals surface area contributed by atoms with E-state index in [0.29, 0.717) is 23.6 Å². The highest BCUT2D eigenvalue weighted by atomic mass is 16.5. The molecule has 1 amide bonds. The number of carbonyl (C=O) groups is 1. The van der Waals surface area contributed by atoms with Crippen LogP contribution in [0.4, 0.5) is 5.69 Å². The van der Waals surface area contributed by atoms with Crippen molar-refractivity contribution in [3.8, 4) is 17.2 Å². The fourth-order valence-corrected chi connectivity index (χ4v) is 3.08. The van der Waals surface area contributed by atoms with Gasteiger partial charge in [-0.2, -0.15) is 0 Å². The van der Waals surface area contributed by atoms with Gasteiger partial charge in [0.2, 0.25) is 0 Å². The summed E-state index contributed by atoms with van der Waals surface area (Å²) in [5.74, 6) is 0.793. The second kappa shape index (κ2) is 8.68. The molecule has 29 heavy (non-hydrogen) atoms. The number of ether oxygens (including phenoxy) is 2. The first-order chi connectivity index (χ1) is 14.0. The lowest BCUT2D eigenvalue weighted by Crippen LogP contribution is -2.34. The number of nitrogens with zero attached hydrogens (tertiary/aromatic N) is 2. The molecule has 0 aliphatic heterocycles. The third kappa shape index (κ3) is 4.18. The zero-order valence-electron chi connectivity index (χ0n) is 17.0. The van der Waals surface area contributed by atoms with Gasteiger partial charge in [-0.15, -0.1) is 0 Å². The molecule has 0 saturated carbocycles. The van der Waals surface area contributed by atoms with Crippen molar-refractivity contribution < 1.29 is 14.3 Å². The quantitative estimate of drug-likeness (QED) is 0.666. The molecule has 1 aromatic heterocycles. The summed E-state index contributed by atoms with van der Waals surface area (Å²) in [7, 11) is 3.35. The summed E-state index contributed by atoms with van der Waals surface area (Å²) in [6.45, 7) is 3.64. The number of methoxy groups -OCH3 is 1. The molecule has 1 unspecified atom stereocenters. The van der Waals surface area contributed by atoms with Gasteiger partial charge in [0.1, 0.15) is 17.2 Å². The average molecular weight is 395 g/mol. The Bertz CT molecular complexity index is 1050. The van der Waals surface area contributed by atoms with Gasteiger partial charge in [0.05, 0.1) is 18.5 Å². The number of nitrogens with one attached hydrogen (secondary N) is 1. The van der Waals surface area contributed by atoms with Crippen molar-refractivity contribution in [2.24, 2.45) is 7.05 Å². The molecule has 3 rings (SSSR count). The van der Waals surface area contributed by atoms with E-state index >= 15 is 0 Å². The van der Waals surface area contributed by atoms with Crippen LogP contribution in [0, 0.1) is 6.92 Å². The summed E-state index contributed by atoms with van der Waals surface area (Å²) in [5, 5.41) is 2.76. The Balaban J connectivity index is 1.85. The van der Waals surface area contributed by atoms with Crippen LogP contribution in [0.3, 0.4) is 0 Å². The van der Waals surface area contributed by atoms with Gasteiger partial charge in [0.25, 0.3) is 11.5 Å². The monoisotopic (exact) mass is 395 g/mol. The number of benzene rings is 2. The molecule has 3 aromatic rings. The average Bonchev–Trinajstić information content (AvgIpc) is 2.95. The molecule has 0 radical (unpaired) electrons. The number of amides is 1. The molecule has 1 atom stereocenters. The molecular weight excluding hydrogens is 370 g/mol. The molecule has 152 valence electrons. The second-order valence-corrected chi connectivity index (χ2v) is 6.62. The van der Waals surface area contributed by atoms with Crippen molar-refractivity contribution in [1.29, 1.82) is 0 Å². The minimum atomic E-state index is -0.744. The smallest absolute Gasteiger partial charge is 0.295 e. The van der Waals surface area contributed by atoms with Crippen molar-refractivity contribution in [3.63, 3.8) is 0 Å². The number of anilines is 1. The van der Waals surface area contributed by atoms with Crippen molar-refractivity contribution >= 4 is 11.6 Å². The molecule has 1 heterocycles. The maximum Gasteiger partial charge on any atom is 0.295 e. The van der Waals surface area contributed by atoms with E-state index in [1.807, 2.05) is 37.3 Å². The van der Waals surface area contributed by atoms with Gasteiger partial charge in [0, 0.05) is 13.1 Å². The molecule has 2 aromatic carbocycles. The van der Waals surface area contributed by atoms with E-state index in [-0.39, 0.29) is 17.2 Å². The van der Waals surface area contributed by atoms with Gasteiger partial charge in [-0.1, -0.05) is 31.2 Å². The Labute approximate surface area is 169 Å². The number of hydrogen-bond acceptors (Lipinski definition) is 4. The SMILES string of the molecule is CCC(Oc1cccc(OC)c1)C(=O)Nc1c(C)n(C)n(-c2ccccc2)c1=O. The topological polar surface area (TPSA) is 74.5 Å². The van der Waals surface area contributed by atoms with E-state index in [2.05, 4.69) is 5.32 Å². The van der Waals surface area contributed by atoms with Crippen LogP contribution in [-0.2, 0) is 11.8 Å². The molecule has 0 saturated heterocycles. The van der Waals surface area contributed by atoms with Crippen LogP contribution < -0.4 is 20.3 Å². The van der Waals surface area contributed by atoms with Gasteiger partial charge < -0.3 is 14.8 Å². The zero-order valence-corrected chi connectivity index (χ0v) is 17.0. The van der Waals surface area contributed by atoms with E-state index in [0.717, 1.165) is 5.69 Å². The third-order valence-electron chi connectivity index (χ3n) is 4.79. The van der Waals surface area contributed by atoms with Gasteiger partial charge >= 0.3 is 0 Å². The van der Waals surface area contributed by atoms with Crippen molar-refractivity contribution in [2.75, 3.05) is 12.4 Å². The molecule has 1 N–H and O–H groups in total. The van der Waals surface area contributed by atoms with Gasteiger partial charge in [-0.3, -0.25) is 14.3 Å². The van der Waals surface area contributed by atoms with Crippen molar-refractivity contribution in [3.05, 3.63) is 70.6 Å². The summed E-state index contributed by atoms with van der Waals surface area (Å²) < 4.78 is 14.3. The van der Waals surface area contributed by atoms with Crippen LogP contribution in [0.5, 0.6) is 11.5 Å². The number of rotatable bonds is 7. The lowest BCUT2D eigenvalue weighted by atomic mass is 10.2. The largest absolute Gasteiger partial charge is 0.497 e. The van der Waals surface area contributed by atoms with Gasteiger partial charge in [-0.25, -0.2) is 4.68 Å². The molecule has 0 spiro atoms. The zero-order chi connectivity index (χ0) is 21.0. The Kier molecular flexibility index (Phi) is 6.07. The molecular formula is C22H25N3O4. The highest BCUT2D eigenvalue weighted by Gasteiger charge is 2.23. The highest BCUT2D eigenvalue weighted by Crippen LogP contribution is 2.21. The van der Waals surface area contributed by atoms with E-state index in [1.165, 1.54) is 4.68 Å². The highest BCUT2D eigenvalue weighted by molar-refractivity contribution is 5.94.